The predicted octanol–water partition coefficient (Wildman–Crippen LogP) is 7.91. The first-order valence-electron chi connectivity index (χ1n) is 19.7. The van der Waals surface area contributed by atoms with Gasteiger partial charge in [0.2, 0.25) is 17.7 Å². The van der Waals surface area contributed by atoms with Crippen LogP contribution in [0.2, 0.25) is 5.02 Å². The van der Waals surface area contributed by atoms with Crippen molar-refractivity contribution in [2.45, 2.75) is 66.9 Å². The summed E-state index contributed by atoms with van der Waals surface area (Å²) in [5.41, 5.74) is 1.23. The van der Waals surface area contributed by atoms with Crippen molar-refractivity contribution < 1.29 is 50.2 Å². The Morgan fingerprint density at radius 3 is 2.51 bits per heavy atom. The third kappa shape index (κ3) is 9.46. The minimum atomic E-state index is -4.19. The van der Waals surface area contributed by atoms with Crippen molar-refractivity contribution in [3.8, 4) is 5.75 Å². The number of furan rings is 1. The molecule has 1 saturated heterocycles. The van der Waals surface area contributed by atoms with Crippen molar-refractivity contribution in [1.82, 2.24) is 10.6 Å². The van der Waals surface area contributed by atoms with Gasteiger partial charge in [-0.05, 0) is 109 Å². The second-order valence-corrected chi connectivity index (χ2v) is 17.7. The van der Waals surface area contributed by atoms with Gasteiger partial charge in [-0.3, -0.25) is 19.7 Å². The van der Waals surface area contributed by atoms with E-state index in [1.807, 2.05) is 30.3 Å². The number of halogens is 3. The molecule has 3 atom stereocenters. The second kappa shape index (κ2) is 18.6. The van der Waals surface area contributed by atoms with Crippen LogP contribution in [0.3, 0.4) is 0 Å². The van der Waals surface area contributed by atoms with Gasteiger partial charge >= 0.3 is 0 Å². The Morgan fingerprint density at radius 2 is 1.71 bits per heavy atom. The van der Waals surface area contributed by atoms with E-state index in [0.717, 1.165) is 39.9 Å². The summed E-state index contributed by atoms with van der Waals surface area (Å²) in [6, 6.07) is 18.1. The highest BCUT2D eigenvalue weighted by molar-refractivity contribution is 7.92. The lowest BCUT2D eigenvalue weighted by molar-refractivity contribution is -0.134. The first-order chi connectivity index (χ1) is 28.4. The van der Waals surface area contributed by atoms with Crippen LogP contribution >= 0.6 is 11.6 Å². The van der Waals surface area contributed by atoms with Gasteiger partial charge in [0.05, 0.1) is 43.5 Å². The zero-order chi connectivity index (χ0) is 41.6. The third-order valence-corrected chi connectivity index (χ3v) is 14.0. The summed E-state index contributed by atoms with van der Waals surface area (Å²) in [5, 5.41) is 8.28. The molecule has 312 valence electrons. The minimum absolute atomic E-state index is 0.0219. The fourth-order valence-electron chi connectivity index (χ4n) is 8.35. The molecule has 2 fully saturated rings. The van der Waals surface area contributed by atoms with Gasteiger partial charge in [0, 0.05) is 40.9 Å². The van der Waals surface area contributed by atoms with Crippen molar-refractivity contribution in [2.24, 2.45) is 5.92 Å². The van der Waals surface area contributed by atoms with Gasteiger partial charge in [0.1, 0.15) is 34.3 Å². The maximum absolute atomic E-state index is 15.3. The monoisotopic (exact) mass is 850 g/mol. The Balaban J connectivity index is 0.815. The van der Waals surface area contributed by atoms with E-state index in [9.17, 15) is 27.2 Å². The highest BCUT2D eigenvalue weighted by Gasteiger charge is 2.50. The molecule has 3 amide bonds. The van der Waals surface area contributed by atoms with E-state index in [1.165, 1.54) is 24.3 Å². The number of imide groups is 1. The van der Waals surface area contributed by atoms with Crippen molar-refractivity contribution in [3.63, 3.8) is 0 Å². The zero-order valence-corrected chi connectivity index (χ0v) is 33.8. The van der Waals surface area contributed by atoms with Crippen LogP contribution in [-0.4, -0.2) is 65.7 Å². The molecule has 11 nitrogen and oxygen atoms in total. The molecule has 2 N–H and O–H groups in total. The molecule has 1 aliphatic carbocycles. The highest BCUT2D eigenvalue weighted by Crippen LogP contribution is 2.50. The first-order valence-corrected chi connectivity index (χ1v) is 21.6. The van der Waals surface area contributed by atoms with Crippen molar-refractivity contribution in [3.05, 3.63) is 107 Å². The molecule has 1 aromatic heterocycles. The summed E-state index contributed by atoms with van der Waals surface area (Å²) in [6.45, 7) is 1.81. The number of ether oxygens (including phenoxy) is 3. The Labute approximate surface area is 345 Å². The number of carbonyl (C=O) groups is 3. The van der Waals surface area contributed by atoms with Crippen molar-refractivity contribution in [1.29, 1.82) is 0 Å². The summed E-state index contributed by atoms with van der Waals surface area (Å²) in [7, 11) is -4.19. The molecule has 5 aromatic rings. The largest absolute Gasteiger partial charge is 0.491 e. The molecule has 1 aliphatic heterocycles. The van der Waals surface area contributed by atoms with Crippen LogP contribution in [-0.2, 0) is 38.4 Å². The molecule has 2 heterocycles. The number of carbonyl (C=O) groups excluding carboxylic acids is 3. The third-order valence-electron chi connectivity index (χ3n) is 11.3. The minimum Gasteiger partial charge on any atom is -0.491 e. The van der Waals surface area contributed by atoms with Crippen LogP contribution < -0.4 is 15.4 Å². The van der Waals surface area contributed by atoms with Crippen molar-refractivity contribution >= 4 is 60.9 Å². The number of hydrogen-bond donors (Lipinski definition) is 2. The van der Waals surface area contributed by atoms with Gasteiger partial charge in [-0.25, -0.2) is 17.2 Å². The Morgan fingerprint density at radius 1 is 0.932 bits per heavy atom. The Kier molecular flexibility index (Phi) is 13.3. The number of benzene rings is 4. The molecule has 1 saturated carbocycles. The average Bonchev–Trinajstić information content (AvgIpc) is 3.66. The molecule has 1 unspecified atom stereocenters. The van der Waals surface area contributed by atoms with Crippen LogP contribution in [0.15, 0.2) is 88.4 Å². The van der Waals surface area contributed by atoms with Crippen LogP contribution in [0.5, 0.6) is 5.75 Å². The molecular weight excluding hydrogens is 806 g/mol. The van der Waals surface area contributed by atoms with Crippen LogP contribution in [0.25, 0.3) is 21.7 Å². The Bertz CT molecular complexity index is 2440. The van der Waals surface area contributed by atoms with Crippen LogP contribution in [0.1, 0.15) is 68.4 Å². The van der Waals surface area contributed by atoms with Crippen molar-refractivity contribution in [2.75, 3.05) is 39.6 Å². The summed E-state index contributed by atoms with van der Waals surface area (Å²) < 4.78 is 79.3. The number of fused-ring (bicyclic) bond motifs is 3. The van der Waals surface area contributed by atoms with Crippen LogP contribution in [0.4, 0.5) is 8.78 Å². The summed E-state index contributed by atoms with van der Waals surface area (Å²) in [5.74, 6) is -2.33. The fraction of sp³-hybridized carbons (Fsp3) is 0.386. The molecule has 59 heavy (non-hydrogen) atoms. The number of hydrogen-bond acceptors (Lipinski definition) is 9. The van der Waals surface area contributed by atoms with E-state index in [4.69, 9.17) is 30.2 Å². The average molecular weight is 851 g/mol. The normalized spacial score (nSPS) is 19.8. The Hall–Kier alpha value is -4.89. The molecule has 0 spiro atoms. The molecule has 0 bridgehead atoms. The summed E-state index contributed by atoms with van der Waals surface area (Å²) in [6.07, 6.45) is 4.12. The number of rotatable bonds is 17. The summed E-state index contributed by atoms with van der Waals surface area (Å²) >= 11 is 6.01. The van der Waals surface area contributed by atoms with Gasteiger partial charge in [-0.2, -0.15) is 0 Å². The SMILES string of the molecule is O=C(CC[C@@H]1CCC[C@@](c2cc(F)ccc2F)(S(=O)(=O)c2ccc(Cl)cc2)C1)NCCOCCOCCOc1ccc2c(ccc3occ(C4CCC(=O)NC4=O)c32)c1. The standard InChI is InChI=1S/C44H45ClF2N2O9S/c45-30-5-9-33(10-6-30)59(53,54)44(37-25-31(46)7-13-38(37)47)17-1-2-28(26-44)3-15-40(50)48-18-19-55-20-21-56-22-23-57-32-8-11-34-29(24-32)4-14-39-42(34)36(27-58-39)35-12-16-41(51)49-43(35)52/h4-11,13-14,24-25,27-28,35H,1-3,12,15-23,26H2,(H,48,50)(H,49,51,52)/t28-,35?,44+/m0/s1. The quantitative estimate of drug-likeness (QED) is 0.0703. The lowest BCUT2D eigenvalue weighted by Gasteiger charge is -2.41. The maximum Gasteiger partial charge on any atom is 0.234 e. The number of amides is 3. The molecule has 7 rings (SSSR count). The van der Waals surface area contributed by atoms with E-state index in [-0.39, 0.29) is 72.9 Å². The van der Waals surface area contributed by atoms with Gasteiger partial charge in [0.25, 0.3) is 0 Å². The van der Waals surface area contributed by atoms with E-state index < -0.39 is 32.1 Å². The zero-order valence-electron chi connectivity index (χ0n) is 32.3. The number of piperidine rings is 1. The number of nitrogens with one attached hydrogen (secondary N) is 2. The molecule has 4 aromatic carbocycles. The smallest absolute Gasteiger partial charge is 0.234 e. The molecule has 15 heteroatoms. The second-order valence-electron chi connectivity index (χ2n) is 15.0. The molecule has 2 aliphatic rings. The van der Waals surface area contributed by atoms with Gasteiger partial charge in [0.15, 0.2) is 9.84 Å². The van der Waals surface area contributed by atoms with Gasteiger partial charge in [-0.15, -0.1) is 0 Å². The number of sulfone groups is 1. The molecule has 0 radical (unpaired) electrons. The van der Waals surface area contributed by atoms with Crippen LogP contribution in [0, 0.1) is 17.6 Å². The highest BCUT2D eigenvalue weighted by atomic mass is 35.5. The van der Waals surface area contributed by atoms with Gasteiger partial charge < -0.3 is 23.9 Å². The first kappa shape index (κ1) is 42.2. The van der Waals surface area contributed by atoms with Gasteiger partial charge in [-0.1, -0.05) is 30.5 Å². The van der Waals surface area contributed by atoms with E-state index in [0.29, 0.717) is 68.5 Å². The van der Waals surface area contributed by atoms with E-state index in [2.05, 4.69) is 10.6 Å². The predicted molar refractivity (Wildman–Crippen MR) is 217 cm³/mol. The summed E-state index contributed by atoms with van der Waals surface area (Å²) in [4.78, 5) is 36.9. The lowest BCUT2D eigenvalue weighted by atomic mass is 9.75. The fourth-order valence-corrected chi connectivity index (χ4v) is 10.7. The van der Waals surface area contributed by atoms with E-state index in [1.54, 1.807) is 6.26 Å². The van der Waals surface area contributed by atoms with E-state index >= 15 is 4.39 Å². The molecular formula is C44H45ClF2N2O9S. The maximum atomic E-state index is 15.3. The topological polar surface area (TPSA) is 150 Å². The lowest BCUT2D eigenvalue weighted by Crippen LogP contribution is -2.42.